The van der Waals surface area contributed by atoms with Gasteiger partial charge in [-0.2, -0.15) is 0 Å². The highest BCUT2D eigenvalue weighted by atomic mass is 32.1. The second-order valence-electron chi connectivity index (χ2n) is 21.8. The van der Waals surface area contributed by atoms with Gasteiger partial charge in [0.05, 0.1) is 13.1 Å². The zero-order valence-corrected chi connectivity index (χ0v) is 50.7. The number of benzene rings is 2. The van der Waals surface area contributed by atoms with E-state index in [1.165, 1.54) is 25.2 Å². The van der Waals surface area contributed by atoms with Gasteiger partial charge >= 0.3 is 23.9 Å². The molecular weight excluding hydrogens is 1160 g/mol. The first-order valence-electron chi connectivity index (χ1n) is 27.9. The van der Waals surface area contributed by atoms with Gasteiger partial charge in [0.25, 0.3) is 11.8 Å². The van der Waals surface area contributed by atoms with Gasteiger partial charge in [-0.3, -0.25) is 57.5 Å². The summed E-state index contributed by atoms with van der Waals surface area (Å²) in [6.07, 6.45) is -1.83. The first-order valence-corrected chi connectivity index (χ1v) is 28.7. The smallest absolute Gasteiger partial charge is 0.326 e. The van der Waals surface area contributed by atoms with Crippen LogP contribution >= 0.6 is 11.3 Å². The highest BCUT2D eigenvalue weighted by molar-refractivity contribution is 7.18. The third-order valence-corrected chi connectivity index (χ3v) is 14.5. The molecule has 2 aromatic carbocycles. The van der Waals surface area contributed by atoms with Gasteiger partial charge in [0, 0.05) is 33.7 Å². The number of carbonyl (C=O) groups is 14. The van der Waals surface area contributed by atoms with Crippen molar-refractivity contribution >= 4 is 94.3 Å². The van der Waals surface area contributed by atoms with Crippen molar-refractivity contribution in [2.75, 3.05) is 13.1 Å². The lowest BCUT2D eigenvalue weighted by molar-refractivity contribution is -0.144. The molecule has 474 valence electrons. The number of nitrogens with one attached hydrogen (secondary N) is 10. The monoisotopic (exact) mass is 1230 g/mol. The molecule has 0 radical (unpaired) electrons. The molecule has 0 aliphatic heterocycles. The summed E-state index contributed by atoms with van der Waals surface area (Å²) in [7, 11) is 0. The van der Waals surface area contributed by atoms with Crippen molar-refractivity contribution < 1.29 is 87.5 Å². The van der Waals surface area contributed by atoms with Crippen LogP contribution in [0.2, 0.25) is 0 Å². The van der Waals surface area contributed by atoms with E-state index < -0.39 is 181 Å². The predicted molar refractivity (Wildman–Crippen MR) is 315 cm³/mol. The summed E-state index contributed by atoms with van der Waals surface area (Å²) in [5.41, 5.74) is 1.96. The summed E-state index contributed by atoms with van der Waals surface area (Å²) in [6.45, 7) is 14.2. The Morgan fingerprint density at radius 1 is 0.368 bits per heavy atom. The van der Waals surface area contributed by atoms with Gasteiger partial charge in [0.2, 0.25) is 47.3 Å². The fraction of sp³-hybridized carbons (Fsp3) is 0.483. The molecule has 1 aromatic heterocycles. The molecule has 0 fully saturated rings. The predicted octanol–water partition coefficient (Wildman–Crippen LogP) is 0.983. The molecule has 28 nitrogen and oxygen atoms in total. The van der Waals surface area contributed by atoms with Gasteiger partial charge in [-0.05, 0) is 97.9 Å². The molecule has 0 unspecified atom stereocenters. The van der Waals surface area contributed by atoms with Crippen LogP contribution in [0.1, 0.15) is 116 Å². The number of hydrogen-bond donors (Lipinski definition) is 14. The Morgan fingerprint density at radius 2 is 0.667 bits per heavy atom. The lowest BCUT2D eigenvalue weighted by atomic mass is 10.0. The van der Waals surface area contributed by atoms with Gasteiger partial charge in [-0.25, -0.2) is 9.59 Å². The van der Waals surface area contributed by atoms with Crippen molar-refractivity contribution in [3.05, 3.63) is 71.8 Å². The molecular formula is C58H78N10O18S. The molecule has 0 aliphatic rings. The molecule has 8 atom stereocenters. The highest BCUT2D eigenvalue weighted by Gasteiger charge is 2.35. The maximum atomic E-state index is 13.4. The molecule has 0 saturated carbocycles. The summed E-state index contributed by atoms with van der Waals surface area (Å²) < 4.78 is 0. The quantitative estimate of drug-likeness (QED) is 0.0396. The molecule has 1 heterocycles. The van der Waals surface area contributed by atoms with Gasteiger partial charge in [-0.1, -0.05) is 79.7 Å². The van der Waals surface area contributed by atoms with E-state index in [1.54, 1.807) is 104 Å². The van der Waals surface area contributed by atoms with E-state index in [1.807, 2.05) is 12.1 Å². The van der Waals surface area contributed by atoms with Crippen LogP contribution in [-0.4, -0.2) is 165 Å². The number of thiophene rings is 1. The van der Waals surface area contributed by atoms with Gasteiger partial charge < -0.3 is 73.6 Å². The third-order valence-electron chi connectivity index (χ3n) is 13.3. The maximum Gasteiger partial charge on any atom is 0.326 e. The Hall–Kier alpha value is -9.28. The Bertz CT molecular complexity index is 2800. The number of carboxylic acid groups (broad SMARTS) is 4. The Kier molecular flexibility index (Phi) is 28.1. The fourth-order valence-electron chi connectivity index (χ4n) is 8.22. The van der Waals surface area contributed by atoms with Crippen molar-refractivity contribution in [3.63, 3.8) is 0 Å². The minimum Gasteiger partial charge on any atom is -0.481 e. The van der Waals surface area contributed by atoms with Crippen LogP contribution in [0, 0.1) is 23.7 Å². The summed E-state index contributed by atoms with van der Waals surface area (Å²) in [4.78, 5) is 179. The lowest BCUT2D eigenvalue weighted by Crippen LogP contribution is -2.59. The number of carboxylic acids is 4. The number of amides is 10. The molecule has 0 saturated heterocycles. The first-order chi connectivity index (χ1) is 40.7. The highest BCUT2D eigenvalue weighted by Crippen LogP contribution is 2.34. The summed E-state index contributed by atoms with van der Waals surface area (Å²) in [5.74, 6) is -15.3. The standard InChI is InChI=1S/C58H78N10O18S/c1-27(2)45(55(81)63-37(19-23-43(71)72)53(79)67-47(29(5)6)57(83)84)65-49(75)31(9)61-41(69)25-59-51(77)35-15-11-33(12-16-35)39-21-22-40(87-39)34-13-17-36(18-14-34)52(78)60-26-42(70)62-32(10)50(76)66-46(28(3)4)56(82)64-38(20-24-44(73)74)54(80)68-48(30(7)8)58(85)86/h11-18,21-22,27-32,37-38,45-48H,19-20,23-26H2,1-10H3,(H,59,77)(H,60,78)(H,61,69)(H,62,70)(H,63,81)(H,64,82)(H,65,75)(H,66,76)(H,67,79)(H,68,80)(H,71,72)(H,73,74)(H,83,84)(H,85,86)/t31-,32-,37-,38-,45-,46-,47-,48-/m0/s1. The van der Waals surface area contributed by atoms with Crippen molar-refractivity contribution in [2.24, 2.45) is 23.7 Å². The number of aliphatic carboxylic acids is 4. The largest absolute Gasteiger partial charge is 0.481 e. The second kappa shape index (κ2) is 34.0. The first kappa shape index (κ1) is 72.0. The van der Waals surface area contributed by atoms with Crippen molar-refractivity contribution in [1.82, 2.24) is 53.2 Å². The number of rotatable bonds is 34. The van der Waals surface area contributed by atoms with Crippen molar-refractivity contribution in [3.8, 4) is 20.9 Å². The van der Waals surface area contributed by atoms with Crippen LogP contribution in [0.4, 0.5) is 0 Å². The molecule has 29 heteroatoms. The van der Waals surface area contributed by atoms with E-state index in [0.29, 0.717) is 0 Å². The second-order valence-corrected chi connectivity index (χ2v) is 22.9. The maximum absolute atomic E-state index is 13.4. The Balaban J connectivity index is 1.52. The van der Waals surface area contributed by atoms with Crippen LogP contribution in [0.15, 0.2) is 60.7 Å². The lowest BCUT2D eigenvalue weighted by Gasteiger charge is -2.27. The number of hydrogen-bond acceptors (Lipinski definition) is 15. The molecule has 3 rings (SSSR count). The number of carbonyl (C=O) groups excluding carboxylic acids is 10. The SMILES string of the molecule is CC(C)[C@H](NC(=O)[C@H](CCC(=O)O)NC(=O)[C@@H](NC(=O)[C@H](C)NC(=O)CNC(=O)c1ccc(-c2ccc(-c3ccc(C(=O)NCC(=O)N[C@@H](C)C(=O)N[C@H](C(=O)N[C@@H](CCC(=O)O)C(=O)N[C@H](C(=O)O)C(C)C)C(C)C)cc3)s2)cc1)C(C)C)C(=O)O. The van der Waals surface area contributed by atoms with Gasteiger partial charge in [0.1, 0.15) is 48.3 Å². The van der Waals surface area contributed by atoms with E-state index >= 15 is 0 Å². The van der Waals surface area contributed by atoms with Crippen LogP contribution in [-0.2, 0) is 57.5 Å². The topological polar surface area (TPSA) is 440 Å². The van der Waals surface area contributed by atoms with Crippen molar-refractivity contribution in [2.45, 2.75) is 143 Å². The molecule has 14 N–H and O–H groups in total. The van der Waals surface area contributed by atoms with E-state index in [2.05, 4.69) is 53.2 Å². The molecule has 0 bridgehead atoms. The molecule has 3 aromatic rings. The van der Waals surface area contributed by atoms with E-state index in [0.717, 1.165) is 20.9 Å². The van der Waals surface area contributed by atoms with E-state index in [9.17, 15) is 87.5 Å². The van der Waals surface area contributed by atoms with Crippen molar-refractivity contribution in [1.29, 1.82) is 0 Å². The van der Waals surface area contributed by atoms with E-state index in [-0.39, 0.29) is 24.0 Å². The van der Waals surface area contributed by atoms with Crippen LogP contribution < -0.4 is 53.2 Å². The zero-order chi connectivity index (χ0) is 65.6. The molecule has 87 heavy (non-hydrogen) atoms. The average Bonchev–Trinajstić information content (AvgIpc) is 3.94. The zero-order valence-electron chi connectivity index (χ0n) is 49.9. The average molecular weight is 1240 g/mol. The van der Waals surface area contributed by atoms with Gasteiger partial charge in [0.15, 0.2) is 0 Å². The summed E-state index contributed by atoms with van der Waals surface area (Å²) in [6, 6.07) is 6.25. The van der Waals surface area contributed by atoms with E-state index in [4.69, 9.17) is 0 Å². The minimum absolute atomic E-state index is 0.218. The van der Waals surface area contributed by atoms with Crippen LogP contribution in [0.3, 0.4) is 0 Å². The summed E-state index contributed by atoms with van der Waals surface area (Å²) in [5, 5.41) is 61.8. The van der Waals surface area contributed by atoms with Gasteiger partial charge in [-0.15, -0.1) is 11.3 Å². The van der Waals surface area contributed by atoms with Crippen LogP contribution in [0.25, 0.3) is 20.9 Å². The summed E-state index contributed by atoms with van der Waals surface area (Å²) >= 11 is 1.42. The molecule has 0 spiro atoms. The minimum atomic E-state index is -1.46. The Labute approximate surface area is 505 Å². The van der Waals surface area contributed by atoms with Crippen LogP contribution in [0.5, 0.6) is 0 Å². The fourth-order valence-corrected chi connectivity index (χ4v) is 9.24. The Morgan fingerprint density at radius 3 is 0.943 bits per heavy atom. The molecule has 10 amide bonds. The normalized spacial score (nSPS) is 13.9. The molecule has 0 aliphatic carbocycles. The third kappa shape index (κ3) is 23.3.